The molecule has 0 amide bonds. The van der Waals surface area contributed by atoms with Gasteiger partial charge >= 0.3 is 7.82 Å². The van der Waals surface area contributed by atoms with Crippen LogP contribution in [0, 0.1) is 0 Å². The van der Waals surface area contributed by atoms with Crippen LogP contribution in [0.5, 0.6) is 0 Å². The van der Waals surface area contributed by atoms with E-state index in [0.717, 1.165) is 12.8 Å². The highest BCUT2D eigenvalue weighted by atomic mass is 31.2. The molecule has 0 aliphatic rings. The molecule has 6 nitrogen and oxygen atoms in total. The molecule has 0 spiro atoms. The highest BCUT2D eigenvalue weighted by Crippen LogP contribution is 2.43. The van der Waals surface area contributed by atoms with E-state index in [-0.39, 0.29) is 6.61 Å². The molecule has 0 aromatic carbocycles. The maximum Gasteiger partial charge on any atom is 0.472 e. The van der Waals surface area contributed by atoms with Crippen molar-refractivity contribution in [2.45, 2.75) is 64.4 Å². The van der Waals surface area contributed by atoms with Crippen molar-refractivity contribution >= 4 is 7.82 Å². The minimum Gasteiger partial charge on any atom is -0.394 e. The summed E-state index contributed by atoms with van der Waals surface area (Å²) in [7, 11) is -4.10. The Labute approximate surface area is 121 Å². The van der Waals surface area contributed by atoms with Crippen molar-refractivity contribution < 1.29 is 28.7 Å². The predicted molar refractivity (Wildman–Crippen MR) is 77.4 cm³/mol. The predicted octanol–water partition coefficient (Wildman–Crippen LogP) is 2.61. The first-order valence-corrected chi connectivity index (χ1v) is 8.92. The van der Waals surface area contributed by atoms with E-state index >= 15 is 0 Å². The molecule has 0 saturated carbocycles. The first-order valence-electron chi connectivity index (χ1n) is 7.42. The molecule has 0 bridgehead atoms. The zero-order valence-electron chi connectivity index (χ0n) is 12.4. The lowest BCUT2D eigenvalue weighted by Crippen LogP contribution is -2.18. The van der Waals surface area contributed by atoms with Gasteiger partial charge in [-0.3, -0.25) is 9.05 Å². The number of aliphatic hydroxyl groups is 2. The van der Waals surface area contributed by atoms with Gasteiger partial charge in [-0.2, -0.15) is 0 Å². The zero-order valence-corrected chi connectivity index (χ0v) is 13.3. The largest absolute Gasteiger partial charge is 0.472 e. The number of rotatable bonds is 14. The molecular formula is C13H29O6P. The van der Waals surface area contributed by atoms with Gasteiger partial charge in [0.15, 0.2) is 0 Å². The second kappa shape index (κ2) is 12.7. The molecule has 122 valence electrons. The van der Waals surface area contributed by atoms with E-state index in [0.29, 0.717) is 6.42 Å². The Bertz CT molecular complexity index is 261. The van der Waals surface area contributed by atoms with E-state index in [1.165, 1.54) is 32.1 Å². The summed E-state index contributed by atoms with van der Waals surface area (Å²) >= 11 is 0. The van der Waals surface area contributed by atoms with Crippen molar-refractivity contribution in [3.63, 3.8) is 0 Å². The number of unbranched alkanes of at least 4 members (excludes halogenated alkanes) is 7. The van der Waals surface area contributed by atoms with Crippen LogP contribution in [0.4, 0.5) is 0 Å². The first kappa shape index (κ1) is 20.0. The Morgan fingerprint density at radius 2 is 1.55 bits per heavy atom. The van der Waals surface area contributed by atoms with Gasteiger partial charge in [0.2, 0.25) is 0 Å². The van der Waals surface area contributed by atoms with Gasteiger partial charge in [0.05, 0.1) is 19.8 Å². The van der Waals surface area contributed by atoms with E-state index in [4.69, 9.17) is 14.7 Å². The summed E-state index contributed by atoms with van der Waals surface area (Å²) in [6, 6.07) is 0. The summed E-state index contributed by atoms with van der Waals surface area (Å²) in [5.74, 6) is 0. The van der Waals surface area contributed by atoms with Crippen LogP contribution < -0.4 is 0 Å². The second-order valence-corrected chi connectivity index (χ2v) is 6.36. The first-order chi connectivity index (χ1) is 9.52. The van der Waals surface area contributed by atoms with Gasteiger partial charge in [-0.15, -0.1) is 0 Å². The molecule has 2 unspecified atom stereocenters. The smallest absolute Gasteiger partial charge is 0.394 e. The third-order valence-corrected chi connectivity index (χ3v) is 3.88. The summed E-state index contributed by atoms with van der Waals surface area (Å²) in [6.45, 7) is 1.42. The lowest BCUT2D eigenvalue weighted by Gasteiger charge is -2.13. The van der Waals surface area contributed by atoms with E-state index in [9.17, 15) is 9.46 Å². The number of phosphoric ester groups is 1. The summed E-state index contributed by atoms with van der Waals surface area (Å²) < 4.78 is 20.7. The Morgan fingerprint density at radius 3 is 2.10 bits per heavy atom. The van der Waals surface area contributed by atoms with Crippen LogP contribution in [-0.4, -0.2) is 41.0 Å². The average Bonchev–Trinajstić information content (AvgIpc) is 2.43. The van der Waals surface area contributed by atoms with Gasteiger partial charge < -0.3 is 15.1 Å². The maximum atomic E-state index is 11.4. The molecule has 7 heteroatoms. The second-order valence-electron chi connectivity index (χ2n) is 4.91. The molecule has 0 aromatic heterocycles. The maximum absolute atomic E-state index is 11.4. The van der Waals surface area contributed by atoms with Crippen molar-refractivity contribution in [3.05, 3.63) is 0 Å². The van der Waals surface area contributed by atoms with E-state index in [2.05, 4.69) is 11.4 Å². The number of hydrogen-bond acceptors (Lipinski definition) is 5. The minimum absolute atomic E-state index is 0.165. The fourth-order valence-electron chi connectivity index (χ4n) is 1.69. The topological polar surface area (TPSA) is 96.2 Å². The van der Waals surface area contributed by atoms with Crippen LogP contribution in [0.3, 0.4) is 0 Å². The monoisotopic (exact) mass is 312 g/mol. The van der Waals surface area contributed by atoms with E-state index < -0.39 is 27.1 Å². The van der Waals surface area contributed by atoms with Crippen LogP contribution in [0.2, 0.25) is 0 Å². The molecule has 0 aromatic rings. The van der Waals surface area contributed by atoms with Gasteiger partial charge in [-0.25, -0.2) is 4.57 Å². The molecule has 0 heterocycles. The molecular weight excluding hydrogens is 283 g/mol. The van der Waals surface area contributed by atoms with E-state index in [1.807, 2.05) is 0 Å². The van der Waals surface area contributed by atoms with Crippen molar-refractivity contribution in [3.8, 4) is 0 Å². The summed E-state index contributed by atoms with van der Waals surface area (Å²) in [6.07, 6.45) is 7.86. The quantitative estimate of drug-likeness (QED) is 0.337. The molecule has 0 rings (SSSR count). The molecule has 0 saturated heterocycles. The number of aliphatic hydroxyl groups excluding tert-OH is 2. The normalized spacial score (nSPS) is 16.0. The summed E-state index contributed by atoms with van der Waals surface area (Å²) in [5.41, 5.74) is 0. The van der Waals surface area contributed by atoms with Crippen molar-refractivity contribution in [2.75, 3.05) is 19.8 Å². The van der Waals surface area contributed by atoms with Gasteiger partial charge in [0.1, 0.15) is 6.10 Å². The highest BCUT2D eigenvalue weighted by Gasteiger charge is 2.22. The zero-order chi connectivity index (χ0) is 15.3. The van der Waals surface area contributed by atoms with Crippen molar-refractivity contribution in [1.82, 2.24) is 0 Å². The molecule has 0 fully saturated rings. The van der Waals surface area contributed by atoms with Gasteiger partial charge in [-0.1, -0.05) is 51.9 Å². The Morgan fingerprint density at radius 1 is 1.00 bits per heavy atom. The standard InChI is InChI=1S/C13H29O6P/c1-2-3-4-5-6-7-8-9-10-18-20(16,17)19-12-13(15)11-14/h13-15H,2-12H2,1H3,(H,16,17). The van der Waals surface area contributed by atoms with Gasteiger partial charge in [-0.05, 0) is 6.42 Å². The number of phosphoric acid groups is 1. The molecule has 2 atom stereocenters. The van der Waals surface area contributed by atoms with E-state index in [1.54, 1.807) is 0 Å². The Hall–Kier alpha value is 0.0300. The van der Waals surface area contributed by atoms with Gasteiger partial charge in [0.25, 0.3) is 0 Å². The van der Waals surface area contributed by atoms with Crippen LogP contribution in [0.25, 0.3) is 0 Å². The Balaban J connectivity index is 3.42. The third-order valence-electron chi connectivity index (χ3n) is 2.89. The number of hydrogen-bond donors (Lipinski definition) is 3. The SMILES string of the molecule is CCCCCCCCCCOP(=O)(O)OCC(O)CO. The summed E-state index contributed by atoms with van der Waals surface area (Å²) in [4.78, 5) is 9.28. The van der Waals surface area contributed by atoms with Gasteiger partial charge in [0, 0.05) is 0 Å². The van der Waals surface area contributed by atoms with Crippen LogP contribution in [0.1, 0.15) is 58.3 Å². The lowest BCUT2D eigenvalue weighted by molar-refractivity contribution is 0.0361. The lowest BCUT2D eigenvalue weighted by atomic mass is 10.1. The molecule has 20 heavy (non-hydrogen) atoms. The average molecular weight is 312 g/mol. The third kappa shape index (κ3) is 13.0. The van der Waals surface area contributed by atoms with Crippen molar-refractivity contribution in [1.29, 1.82) is 0 Å². The highest BCUT2D eigenvalue weighted by molar-refractivity contribution is 7.47. The molecule has 3 N–H and O–H groups in total. The Kier molecular flexibility index (Phi) is 12.8. The van der Waals surface area contributed by atoms with Crippen molar-refractivity contribution in [2.24, 2.45) is 0 Å². The van der Waals surface area contributed by atoms with Crippen LogP contribution in [0.15, 0.2) is 0 Å². The molecule has 0 aliphatic heterocycles. The fourth-order valence-corrected chi connectivity index (χ4v) is 2.48. The molecule has 0 aliphatic carbocycles. The fraction of sp³-hybridized carbons (Fsp3) is 1.00. The molecule has 0 radical (unpaired) electrons. The van der Waals surface area contributed by atoms with Crippen LogP contribution in [-0.2, 0) is 13.6 Å². The summed E-state index contributed by atoms with van der Waals surface area (Å²) in [5, 5.41) is 17.5. The minimum atomic E-state index is -4.10. The van der Waals surface area contributed by atoms with Crippen LogP contribution >= 0.6 is 7.82 Å².